The van der Waals surface area contributed by atoms with Crippen LogP contribution in [0.1, 0.15) is 11.1 Å². The molecule has 2 aromatic carbocycles. The first-order chi connectivity index (χ1) is 12.7. The minimum absolute atomic E-state index is 0.00246. The SMILES string of the molecule is Cc1ccc(S(=O)(=O)O[C@@H]2[C@@H]3O[C@@H]3[C@@H]2OS(=O)(=O)c2ccc(C)cc2)cc1. The van der Waals surface area contributed by atoms with Crippen LogP contribution in [0, 0.1) is 13.8 Å². The summed E-state index contributed by atoms with van der Waals surface area (Å²) in [6.45, 7) is 3.68. The van der Waals surface area contributed by atoms with Gasteiger partial charge < -0.3 is 4.74 Å². The number of hydrogen-bond donors (Lipinski definition) is 0. The van der Waals surface area contributed by atoms with Crippen LogP contribution in [0.15, 0.2) is 58.3 Å². The van der Waals surface area contributed by atoms with E-state index in [1.165, 1.54) is 24.3 Å². The van der Waals surface area contributed by atoms with E-state index in [-0.39, 0.29) is 9.79 Å². The van der Waals surface area contributed by atoms with Crippen LogP contribution >= 0.6 is 0 Å². The molecule has 0 radical (unpaired) electrons. The van der Waals surface area contributed by atoms with E-state index in [1.54, 1.807) is 24.3 Å². The fourth-order valence-corrected chi connectivity index (χ4v) is 5.11. The summed E-state index contributed by atoms with van der Waals surface area (Å²) in [5, 5.41) is 0. The van der Waals surface area contributed by atoms with Gasteiger partial charge in [-0.05, 0) is 38.1 Å². The summed E-state index contributed by atoms with van der Waals surface area (Å²) in [6, 6.07) is 12.4. The molecule has 4 atom stereocenters. The molecule has 0 bridgehead atoms. The van der Waals surface area contributed by atoms with Crippen molar-refractivity contribution in [1.29, 1.82) is 0 Å². The monoisotopic (exact) mass is 410 g/mol. The van der Waals surface area contributed by atoms with Crippen LogP contribution in [0.2, 0.25) is 0 Å². The third-order valence-electron chi connectivity index (χ3n) is 4.63. The lowest BCUT2D eigenvalue weighted by atomic mass is 9.93. The number of ether oxygens (including phenoxy) is 1. The molecule has 7 nitrogen and oxygen atoms in total. The van der Waals surface area contributed by atoms with Crippen molar-refractivity contribution in [1.82, 2.24) is 0 Å². The first-order valence-electron chi connectivity index (χ1n) is 8.33. The number of benzene rings is 2. The second kappa shape index (κ2) is 6.39. The Kier molecular flexibility index (Phi) is 4.39. The maximum Gasteiger partial charge on any atom is 0.297 e. The van der Waals surface area contributed by atoms with E-state index >= 15 is 0 Å². The van der Waals surface area contributed by atoms with Gasteiger partial charge in [0.2, 0.25) is 0 Å². The van der Waals surface area contributed by atoms with Crippen LogP contribution < -0.4 is 0 Å². The van der Waals surface area contributed by atoms with Gasteiger partial charge in [-0.2, -0.15) is 16.8 Å². The summed E-state index contributed by atoms with van der Waals surface area (Å²) in [5.41, 5.74) is 1.82. The van der Waals surface area contributed by atoms with Crippen LogP contribution in [0.4, 0.5) is 0 Å². The van der Waals surface area contributed by atoms with E-state index in [1.807, 2.05) is 13.8 Å². The fraction of sp³-hybridized carbons (Fsp3) is 0.333. The Labute approximate surface area is 158 Å². The average Bonchev–Trinajstić information content (AvgIpc) is 3.34. The molecule has 1 saturated heterocycles. The van der Waals surface area contributed by atoms with E-state index in [4.69, 9.17) is 13.1 Å². The topological polar surface area (TPSA) is 99.3 Å². The third kappa shape index (κ3) is 3.53. The summed E-state index contributed by atoms with van der Waals surface area (Å²) < 4.78 is 65.5. The Morgan fingerprint density at radius 3 is 1.33 bits per heavy atom. The Morgan fingerprint density at radius 1 is 0.667 bits per heavy atom. The zero-order chi connectivity index (χ0) is 19.4. The minimum atomic E-state index is -4.06. The molecule has 1 aliphatic heterocycles. The maximum absolute atomic E-state index is 12.4. The predicted molar refractivity (Wildman–Crippen MR) is 95.1 cm³/mol. The summed E-state index contributed by atoms with van der Waals surface area (Å²) in [6.07, 6.45) is -2.94. The molecule has 2 fully saturated rings. The molecule has 2 aliphatic rings. The zero-order valence-corrected chi connectivity index (χ0v) is 16.2. The lowest BCUT2D eigenvalue weighted by Gasteiger charge is -2.30. The molecule has 4 rings (SSSR count). The van der Waals surface area contributed by atoms with Crippen molar-refractivity contribution >= 4 is 20.2 Å². The molecule has 27 heavy (non-hydrogen) atoms. The third-order valence-corrected chi connectivity index (χ3v) is 7.28. The minimum Gasteiger partial charge on any atom is -0.364 e. The van der Waals surface area contributed by atoms with Crippen molar-refractivity contribution in [3.05, 3.63) is 59.7 Å². The molecule has 9 heteroatoms. The van der Waals surface area contributed by atoms with Crippen LogP contribution in [-0.4, -0.2) is 41.3 Å². The van der Waals surface area contributed by atoms with E-state index in [2.05, 4.69) is 0 Å². The second-order valence-electron chi connectivity index (χ2n) is 6.72. The molecular formula is C18H18O7S2. The van der Waals surface area contributed by atoms with Gasteiger partial charge in [0.15, 0.2) is 0 Å². The highest BCUT2D eigenvalue weighted by atomic mass is 32.2. The smallest absolute Gasteiger partial charge is 0.297 e. The quantitative estimate of drug-likeness (QED) is 0.530. The number of fused-ring (bicyclic) bond motifs is 1. The van der Waals surface area contributed by atoms with Crippen LogP contribution in [0.5, 0.6) is 0 Å². The Balaban J connectivity index is 1.50. The molecule has 0 amide bonds. The van der Waals surface area contributed by atoms with Crippen molar-refractivity contribution < 1.29 is 29.9 Å². The van der Waals surface area contributed by atoms with E-state index in [0.29, 0.717) is 0 Å². The van der Waals surface area contributed by atoms with Crippen molar-refractivity contribution in [3.8, 4) is 0 Å². The van der Waals surface area contributed by atoms with Gasteiger partial charge >= 0.3 is 0 Å². The standard InChI is InChI=1S/C18H18O7S2/c1-11-3-7-13(8-4-11)26(19,20)24-17-15-16(23-15)18(17)25-27(21,22)14-9-5-12(2)6-10-14/h3-10,15-18H,1-2H3/t15-,16+,17-,18+. The Morgan fingerprint density at radius 2 is 1.00 bits per heavy atom. The Hall–Kier alpha value is -1.78. The molecule has 0 spiro atoms. The second-order valence-corrected chi connectivity index (χ2v) is 9.87. The van der Waals surface area contributed by atoms with Crippen LogP contribution in [-0.2, 0) is 33.3 Å². The number of hydrogen-bond acceptors (Lipinski definition) is 7. The molecule has 0 aromatic heterocycles. The first kappa shape index (κ1) is 18.6. The number of aryl methyl sites for hydroxylation is 2. The van der Waals surface area contributed by atoms with Gasteiger partial charge in [-0.15, -0.1) is 0 Å². The molecule has 1 aliphatic carbocycles. The normalized spacial score (nSPS) is 26.9. The summed E-state index contributed by atoms with van der Waals surface area (Å²) >= 11 is 0. The Bertz CT molecular complexity index is 970. The number of epoxide rings is 1. The van der Waals surface area contributed by atoms with E-state index < -0.39 is 44.7 Å². The molecular weight excluding hydrogens is 392 g/mol. The van der Waals surface area contributed by atoms with Gasteiger partial charge in [0.05, 0.1) is 9.79 Å². The lowest BCUT2D eigenvalue weighted by molar-refractivity contribution is 0.0200. The highest BCUT2D eigenvalue weighted by Gasteiger charge is 2.69. The van der Waals surface area contributed by atoms with Gasteiger partial charge in [0, 0.05) is 0 Å². The van der Waals surface area contributed by atoms with Crippen molar-refractivity contribution in [3.63, 3.8) is 0 Å². The molecule has 1 saturated carbocycles. The zero-order valence-electron chi connectivity index (χ0n) is 14.6. The number of rotatable bonds is 6. The molecule has 2 aromatic rings. The van der Waals surface area contributed by atoms with Gasteiger partial charge in [-0.1, -0.05) is 35.4 Å². The fourth-order valence-electron chi connectivity index (χ4n) is 2.93. The highest BCUT2D eigenvalue weighted by molar-refractivity contribution is 7.87. The van der Waals surface area contributed by atoms with Gasteiger partial charge in [0.1, 0.15) is 24.4 Å². The summed E-state index contributed by atoms with van der Waals surface area (Å²) in [7, 11) is -8.11. The molecule has 0 unspecified atom stereocenters. The first-order valence-corrected chi connectivity index (χ1v) is 11.1. The van der Waals surface area contributed by atoms with Crippen LogP contribution in [0.3, 0.4) is 0 Å². The van der Waals surface area contributed by atoms with Crippen molar-refractivity contribution in [2.75, 3.05) is 0 Å². The summed E-state index contributed by atoms with van der Waals surface area (Å²) in [5.74, 6) is 0. The lowest BCUT2D eigenvalue weighted by Crippen LogP contribution is -2.52. The predicted octanol–water partition coefficient (Wildman–Crippen LogP) is 1.93. The highest BCUT2D eigenvalue weighted by Crippen LogP contribution is 2.47. The molecule has 0 N–H and O–H groups in total. The maximum atomic E-state index is 12.4. The molecule has 144 valence electrons. The van der Waals surface area contributed by atoms with E-state index in [0.717, 1.165) is 11.1 Å². The van der Waals surface area contributed by atoms with Crippen LogP contribution in [0.25, 0.3) is 0 Å². The summed E-state index contributed by atoms with van der Waals surface area (Å²) in [4.78, 5) is -0.00492. The van der Waals surface area contributed by atoms with Gasteiger partial charge in [0.25, 0.3) is 20.2 Å². The van der Waals surface area contributed by atoms with Gasteiger partial charge in [-0.3, -0.25) is 8.37 Å². The molecule has 1 heterocycles. The average molecular weight is 410 g/mol. The van der Waals surface area contributed by atoms with Crippen molar-refractivity contribution in [2.24, 2.45) is 0 Å². The van der Waals surface area contributed by atoms with Crippen molar-refractivity contribution in [2.45, 2.75) is 48.1 Å². The van der Waals surface area contributed by atoms with E-state index in [9.17, 15) is 16.8 Å². The largest absolute Gasteiger partial charge is 0.364 e. The van der Waals surface area contributed by atoms with Gasteiger partial charge in [-0.25, -0.2) is 0 Å².